The summed E-state index contributed by atoms with van der Waals surface area (Å²) < 4.78 is 5.40. The number of amides is 1. The zero-order valence-electron chi connectivity index (χ0n) is 9.37. The van der Waals surface area contributed by atoms with Crippen molar-refractivity contribution in [1.29, 1.82) is 0 Å². The van der Waals surface area contributed by atoms with Crippen molar-refractivity contribution in [3.05, 3.63) is 0 Å². The summed E-state index contributed by atoms with van der Waals surface area (Å²) in [6, 6.07) is 0. The molecular weight excluding hydrogens is 192 g/mol. The summed E-state index contributed by atoms with van der Waals surface area (Å²) in [5.74, 6) is 1.05. The first-order valence-corrected chi connectivity index (χ1v) is 5.86. The number of nitrogens with zero attached hydrogens (tertiary/aromatic N) is 1. The lowest BCUT2D eigenvalue weighted by atomic mass is 10.3. The van der Waals surface area contributed by atoms with Gasteiger partial charge in [-0.05, 0) is 32.2 Å². The molecule has 1 atom stereocenters. The standard InChI is InChI=1S/C11H20N2O2/c1-9-8-13(4-5-15-9)11(14)7-12-6-10-2-3-10/h9-10,12H,2-8H2,1H3. The topological polar surface area (TPSA) is 41.6 Å². The van der Waals surface area contributed by atoms with Gasteiger partial charge in [0.15, 0.2) is 0 Å². The quantitative estimate of drug-likeness (QED) is 0.725. The highest BCUT2D eigenvalue weighted by atomic mass is 16.5. The molecule has 2 rings (SSSR count). The maximum Gasteiger partial charge on any atom is 0.236 e. The van der Waals surface area contributed by atoms with Crippen molar-refractivity contribution in [3.8, 4) is 0 Å². The summed E-state index contributed by atoms with van der Waals surface area (Å²) in [7, 11) is 0. The van der Waals surface area contributed by atoms with Gasteiger partial charge >= 0.3 is 0 Å². The van der Waals surface area contributed by atoms with Gasteiger partial charge in [0.05, 0.1) is 19.3 Å². The summed E-state index contributed by atoms with van der Waals surface area (Å²) in [6.07, 6.45) is 2.84. The smallest absolute Gasteiger partial charge is 0.236 e. The summed E-state index contributed by atoms with van der Waals surface area (Å²) >= 11 is 0. The SMILES string of the molecule is CC1CN(C(=O)CNCC2CC2)CCO1. The van der Waals surface area contributed by atoms with E-state index in [1.54, 1.807) is 0 Å². The molecule has 1 amide bonds. The number of carbonyl (C=O) groups excluding carboxylic acids is 1. The molecule has 0 aromatic carbocycles. The van der Waals surface area contributed by atoms with Crippen LogP contribution in [0.1, 0.15) is 19.8 Å². The van der Waals surface area contributed by atoms with E-state index in [-0.39, 0.29) is 12.0 Å². The number of carbonyl (C=O) groups is 1. The molecule has 15 heavy (non-hydrogen) atoms. The lowest BCUT2D eigenvalue weighted by Gasteiger charge is -2.31. The second kappa shape index (κ2) is 4.94. The Bertz CT molecular complexity index is 229. The van der Waals surface area contributed by atoms with Crippen molar-refractivity contribution in [1.82, 2.24) is 10.2 Å². The van der Waals surface area contributed by atoms with Gasteiger partial charge in [0.2, 0.25) is 5.91 Å². The van der Waals surface area contributed by atoms with Gasteiger partial charge in [-0.1, -0.05) is 0 Å². The second-order valence-corrected chi connectivity index (χ2v) is 4.60. The highest BCUT2D eigenvalue weighted by Crippen LogP contribution is 2.27. The molecule has 0 radical (unpaired) electrons. The zero-order chi connectivity index (χ0) is 10.7. The van der Waals surface area contributed by atoms with E-state index in [1.807, 2.05) is 11.8 Å². The summed E-state index contributed by atoms with van der Waals surface area (Å²) in [5.41, 5.74) is 0. The first kappa shape index (κ1) is 10.9. The average Bonchev–Trinajstić information content (AvgIpc) is 3.01. The normalized spacial score (nSPS) is 26.7. The van der Waals surface area contributed by atoms with Crippen LogP contribution in [-0.2, 0) is 9.53 Å². The van der Waals surface area contributed by atoms with Crippen LogP contribution in [0.3, 0.4) is 0 Å². The van der Waals surface area contributed by atoms with Gasteiger partial charge in [0, 0.05) is 13.1 Å². The third-order valence-electron chi connectivity index (χ3n) is 3.00. The number of nitrogens with one attached hydrogen (secondary N) is 1. The molecule has 1 N–H and O–H groups in total. The Labute approximate surface area is 91.0 Å². The summed E-state index contributed by atoms with van der Waals surface area (Å²) in [4.78, 5) is 13.7. The van der Waals surface area contributed by atoms with Crippen molar-refractivity contribution in [3.63, 3.8) is 0 Å². The van der Waals surface area contributed by atoms with E-state index in [0.29, 0.717) is 13.2 Å². The molecule has 1 saturated carbocycles. The van der Waals surface area contributed by atoms with Crippen LogP contribution in [-0.4, -0.2) is 49.7 Å². The maximum absolute atomic E-state index is 11.8. The van der Waals surface area contributed by atoms with Crippen molar-refractivity contribution >= 4 is 5.91 Å². The Morgan fingerprint density at radius 1 is 1.53 bits per heavy atom. The third kappa shape index (κ3) is 3.47. The van der Waals surface area contributed by atoms with E-state index < -0.39 is 0 Å². The molecule has 0 aromatic rings. The number of hydrogen-bond donors (Lipinski definition) is 1. The van der Waals surface area contributed by atoms with E-state index >= 15 is 0 Å². The van der Waals surface area contributed by atoms with Crippen LogP contribution >= 0.6 is 0 Å². The van der Waals surface area contributed by atoms with E-state index in [0.717, 1.165) is 25.6 Å². The highest BCUT2D eigenvalue weighted by molar-refractivity contribution is 5.78. The third-order valence-corrected chi connectivity index (χ3v) is 3.00. The second-order valence-electron chi connectivity index (χ2n) is 4.60. The van der Waals surface area contributed by atoms with Crippen molar-refractivity contribution in [2.75, 3.05) is 32.8 Å². The fourth-order valence-electron chi connectivity index (χ4n) is 1.86. The van der Waals surface area contributed by atoms with E-state index in [2.05, 4.69) is 5.32 Å². The molecule has 1 aliphatic carbocycles. The van der Waals surface area contributed by atoms with Gasteiger partial charge in [0.25, 0.3) is 0 Å². The Morgan fingerprint density at radius 2 is 2.33 bits per heavy atom. The van der Waals surface area contributed by atoms with Gasteiger partial charge in [-0.3, -0.25) is 4.79 Å². The predicted octanol–water partition coefficient (Wildman–Crippen LogP) is 0.233. The Hall–Kier alpha value is -0.610. The lowest BCUT2D eigenvalue weighted by Crippen LogP contribution is -2.47. The van der Waals surface area contributed by atoms with Gasteiger partial charge in [-0.2, -0.15) is 0 Å². The molecule has 1 heterocycles. The highest BCUT2D eigenvalue weighted by Gasteiger charge is 2.23. The Kier molecular flexibility index (Phi) is 3.59. The van der Waals surface area contributed by atoms with Gasteiger partial charge in [0.1, 0.15) is 0 Å². The molecule has 1 unspecified atom stereocenters. The van der Waals surface area contributed by atoms with E-state index in [9.17, 15) is 4.79 Å². The number of rotatable bonds is 4. The monoisotopic (exact) mass is 212 g/mol. The minimum absolute atomic E-state index is 0.186. The molecular formula is C11H20N2O2. The van der Waals surface area contributed by atoms with Crippen LogP contribution in [0.5, 0.6) is 0 Å². The van der Waals surface area contributed by atoms with Crippen LogP contribution < -0.4 is 5.32 Å². The predicted molar refractivity (Wildman–Crippen MR) is 57.6 cm³/mol. The molecule has 2 fully saturated rings. The Morgan fingerprint density at radius 3 is 3.00 bits per heavy atom. The average molecular weight is 212 g/mol. The molecule has 1 saturated heterocycles. The molecule has 0 aromatic heterocycles. The fraction of sp³-hybridized carbons (Fsp3) is 0.909. The van der Waals surface area contributed by atoms with Crippen molar-refractivity contribution in [2.24, 2.45) is 5.92 Å². The Balaban J connectivity index is 1.64. The molecule has 2 aliphatic rings. The molecule has 4 nitrogen and oxygen atoms in total. The molecule has 1 aliphatic heterocycles. The minimum Gasteiger partial charge on any atom is -0.375 e. The number of ether oxygens (including phenoxy) is 1. The van der Waals surface area contributed by atoms with Gasteiger partial charge in [-0.25, -0.2) is 0 Å². The van der Waals surface area contributed by atoms with Gasteiger partial charge in [-0.15, -0.1) is 0 Å². The van der Waals surface area contributed by atoms with Crippen molar-refractivity contribution in [2.45, 2.75) is 25.9 Å². The molecule has 4 heteroatoms. The molecule has 0 spiro atoms. The van der Waals surface area contributed by atoms with Crippen LogP contribution in [0.25, 0.3) is 0 Å². The van der Waals surface area contributed by atoms with E-state index in [4.69, 9.17) is 4.74 Å². The van der Waals surface area contributed by atoms with E-state index in [1.165, 1.54) is 12.8 Å². The van der Waals surface area contributed by atoms with Gasteiger partial charge < -0.3 is 15.0 Å². The maximum atomic E-state index is 11.8. The van der Waals surface area contributed by atoms with Crippen molar-refractivity contribution < 1.29 is 9.53 Å². The molecule has 0 bridgehead atoms. The zero-order valence-corrected chi connectivity index (χ0v) is 9.37. The largest absolute Gasteiger partial charge is 0.375 e. The number of morpholine rings is 1. The molecule has 86 valence electrons. The lowest BCUT2D eigenvalue weighted by molar-refractivity contribution is -0.137. The fourth-order valence-corrected chi connectivity index (χ4v) is 1.86. The van der Waals surface area contributed by atoms with Crippen LogP contribution in [0.2, 0.25) is 0 Å². The van der Waals surface area contributed by atoms with Crippen LogP contribution in [0.15, 0.2) is 0 Å². The summed E-state index contributed by atoms with van der Waals surface area (Å²) in [5, 5.41) is 3.23. The number of hydrogen-bond acceptors (Lipinski definition) is 3. The van der Waals surface area contributed by atoms with Crippen LogP contribution in [0, 0.1) is 5.92 Å². The summed E-state index contributed by atoms with van der Waals surface area (Å²) in [6.45, 7) is 5.67. The first-order valence-electron chi connectivity index (χ1n) is 5.86. The minimum atomic E-state index is 0.186. The first-order chi connectivity index (χ1) is 7.25. The van der Waals surface area contributed by atoms with Crippen LogP contribution in [0.4, 0.5) is 0 Å².